The lowest BCUT2D eigenvalue weighted by Gasteiger charge is -2.20. The first-order valence-electron chi connectivity index (χ1n) is 9.99. The lowest BCUT2D eigenvalue weighted by atomic mass is 10.2. The van der Waals surface area contributed by atoms with Crippen molar-refractivity contribution in [2.45, 2.75) is 23.9 Å². The van der Waals surface area contributed by atoms with Gasteiger partial charge in [0.15, 0.2) is 11.5 Å². The SMILES string of the molecule is CSCC[C@H](NS(=O)(=O)c1ccc2c(c1)OCCO2)C(=O)NCc1nc2ccccc2s1. The number of para-hydroxylation sites is 1. The van der Waals surface area contributed by atoms with Crippen LogP contribution in [0.1, 0.15) is 11.4 Å². The number of rotatable bonds is 9. The molecule has 2 heterocycles. The Morgan fingerprint density at radius 2 is 1.97 bits per heavy atom. The minimum absolute atomic E-state index is 0.0230. The maximum absolute atomic E-state index is 13.0. The van der Waals surface area contributed by atoms with Crippen molar-refractivity contribution in [3.8, 4) is 11.5 Å². The number of carbonyl (C=O) groups is 1. The topological polar surface area (TPSA) is 107 Å². The number of thioether (sulfide) groups is 1. The third kappa shape index (κ3) is 5.34. The average Bonchev–Trinajstić information content (AvgIpc) is 3.23. The molecule has 0 aliphatic carbocycles. The van der Waals surface area contributed by atoms with Crippen molar-refractivity contribution < 1.29 is 22.7 Å². The van der Waals surface area contributed by atoms with E-state index in [1.807, 2.05) is 30.5 Å². The largest absolute Gasteiger partial charge is 0.486 e. The molecule has 2 aromatic carbocycles. The maximum Gasteiger partial charge on any atom is 0.241 e. The summed E-state index contributed by atoms with van der Waals surface area (Å²) in [4.78, 5) is 17.4. The summed E-state index contributed by atoms with van der Waals surface area (Å²) in [6, 6.07) is 11.3. The zero-order valence-corrected chi connectivity index (χ0v) is 19.8. The summed E-state index contributed by atoms with van der Waals surface area (Å²) in [6.07, 6.45) is 2.27. The molecule has 11 heteroatoms. The first-order valence-corrected chi connectivity index (χ1v) is 13.7. The highest BCUT2D eigenvalue weighted by Crippen LogP contribution is 2.32. The third-order valence-electron chi connectivity index (χ3n) is 4.80. The van der Waals surface area contributed by atoms with Gasteiger partial charge in [-0.05, 0) is 42.7 Å². The normalized spacial score (nSPS) is 14.3. The first kappa shape index (κ1) is 22.8. The number of hydrogen-bond donors (Lipinski definition) is 2. The van der Waals surface area contributed by atoms with Crippen molar-refractivity contribution in [3.63, 3.8) is 0 Å². The van der Waals surface area contributed by atoms with E-state index in [4.69, 9.17) is 9.47 Å². The van der Waals surface area contributed by atoms with Gasteiger partial charge in [0, 0.05) is 6.07 Å². The molecule has 1 aliphatic rings. The Kier molecular flexibility index (Phi) is 7.19. The summed E-state index contributed by atoms with van der Waals surface area (Å²) < 4.78 is 40.5. The second kappa shape index (κ2) is 10.1. The Bertz CT molecular complexity index is 1180. The summed E-state index contributed by atoms with van der Waals surface area (Å²) in [7, 11) is -3.94. The number of benzene rings is 2. The van der Waals surface area contributed by atoms with Gasteiger partial charge in [0.25, 0.3) is 0 Å². The number of amides is 1. The molecule has 0 saturated heterocycles. The molecule has 1 aromatic heterocycles. The van der Waals surface area contributed by atoms with Crippen LogP contribution in [0.25, 0.3) is 10.2 Å². The van der Waals surface area contributed by atoms with Crippen molar-refractivity contribution in [1.29, 1.82) is 0 Å². The Labute approximate surface area is 194 Å². The van der Waals surface area contributed by atoms with Gasteiger partial charge in [0.1, 0.15) is 24.3 Å². The highest BCUT2D eigenvalue weighted by Gasteiger charge is 2.27. The fourth-order valence-corrected chi connectivity index (χ4v) is 5.83. The highest BCUT2D eigenvalue weighted by molar-refractivity contribution is 7.98. The van der Waals surface area contributed by atoms with Crippen LogP contribution in [0.5, 0.6) is 11.5 Å². The smallest absolute Gasteiger partial charge is 0.241 e. The fraction of sp³-hybridized carbons (Fsp3) is 0.333. The molecule has 4 rings (SSSR count). The average molecular weight is 494 g/mol. The van der Waals surface area contributed by atoms with E-state index in [1.54, 1.807) is 17.8 Å². The summed E-state index contributed by atoms with van der Waals surface area (Å²) in [5.74, 6) is 1.12. The van der Waals surface area contributed by atoms with Gasteiger partial charge in [0.2, 0.25) is 15.9 Å². The molecule has 3 aromatic rings. The molecule has 2 N–H and O–H groups in total. The predicted octanol–water partition coefficient (Wildman–Crippen LogP) is 2.78. The number of thiazole rings is 1. The zero-order valence-electron chi connectivity index (χ0n) is 17.4. The number of aromatic nitrogens is 1. The van der Waals surface area contributed by atoms with Crippen LogP contribution in [-0.2, 0) is 21.4 Å². The molecule has 1 amide bonds. The van der Waals surface area contributed by atoms with Crippen molar-refractivity contribution in [3.05, 3.63) is 47.5 Å². The van der Waals surface area contributed by atoms with Gasteiger partial charge in [-0.1, -0.05) is 12.1 Å². The second-order valence-electron chi connectivity index (χ2n) is 7.05. The van der Waals surface area contributed by atoms with Gasteiger partial charge in [0.05, 0.1) is 21.7 Å². The maximum atomic E-state index is 13.0. The summed E-state index contributed by atoms with van der Waals surface area (Å²) in [5.41, 5.74) is 0.875. The molecule has 0 saturated carbocycles. The number of ether oxygens (including phenoxy) is 2. The number of carbonyl (C=O) groups excluding carboxylic acids is 1. The molecule has 0 radical (unpaired) electrons. The van der Waals surface area contributed by atoms with Crippen LogP contribution in [-0.4, -0.2) is 50.6 Å². The van der Waals surface area contributed by atoms with E-state index in [-0.39, 0.29) is 17.3 Å². The lowest BCUT2D eigenvalue weighted by Crippen LogP contribution is -2.46. The molecule has 8 nitrogen and oxygen atoms in total. The van der Waals surface area contributed by atoms with Crippen molar-refractivity contribution in [1.82, 2.24) is 15.0 Å². The third-order valence-corrected chi connectivity index (χ3v) is 7.95. The van der Waals surface area contributed by atoms with Crippen LogP contribution in [0, 0.1) is 0 Å². The molecule has 0 spiro atoms. The van der Waals surface area contributed by atoms with Gasteiger partial charge >= 0.3 is 0 Å². The van der Waals surface area contributed by atoms with Gasteiger partial charge in [-0.2, -0.15) is 16.5 Å². The van der Waals surface area contributed by atoms with E-state index >= 15 is 0 Å². The lowest BCUT2D eigenvalue weighted by molar-refractivity contribution is -0.122. The van der Waals surface area contributed by atoms with Crippen LogP contribution in [0.2, 0.25) is 0 Å². The Morgan fingerprint density at radius 1 is 1.19 bits per heavy atom. The Balaban J connectivity index is 1.46. The minimum Gasteiger partial charge on any atom is -0.486 e. The molecule has 0 unspecified atom stereocenters. The van der Waals surface area contributed by atoms with E-state index in [9.17, 15) is 13.2 Å². The molecular formula is C21H23N3O5S3. The quantitative estimate of drug-likeness (QED) is 0.472. The van der Waals surface area contributed by atoms with Crippen LogP contribution < -0.4 is 19.5 Å². The van der Waals surface area contributed by atoms with E-state index in [0.29, 0.717) is 36.9 Å². The number of nitrogens with one attached hydrogen (secondary N) is 2. The second-order valence-corrected chi connectivity index (χ2v) is 10.9. The molecule has 32 heavy (non-hydrogen) atoms. The molecule has 1 atom stereocenters. The Morgan fingerprint density at radius 3 is 2.75 bits per heavy atom. The van der Waals surface area contributed by atoms with Crippen LogP contribution in [0.3, 0.4) is 0 Å². The van der Waals surface area contributed by atoms with E-state index in [0.717, 1.165) is 15.2 Å². The van der Waals surface area contributed by atoms with E-state index < -0.39 is 16.1 Å². The number of nitrogens with zero attached hydrogens (tertiary/aromatic N) is 1. The van der Waals surface area contributed by atoms with Gasteiger partial charge in [-0.25, -0.2) is 13.4 Å². The minimum atomic E-state index is -3.94. The Hall–Kier alpha value is -2.34. The molecule has 1 aliphatic heterocycles. The van der Waals surface area contributed by atoms with Gasteiger partial charge < -0.3 is 14.8 Å². The van der Waals surface area contributed by atoms with Gasteiger partial charge in [-0.3, -0.25) is 4.79 Å². The van der Waals surface area contributed by atoms with Crippen molar-refractivity contribution >= 4 is 49.2 Å². The molecule has 170 valence electrons. The van der Waals surface area contributed by atoms with E-state index in [2.05, 4.69) is 15.0 Å². The first-order chi connectivity index (χ1) is 15.5. The zero-order chi connectivity index (χ0) is 22.6. The number of fused-ring (bicyclic) bond motifs is 2. The molecule has 0 fully saturated rings. The summed E-state index contributed by atoms with van der Waals surface area (Å²) >= 11 is 3.04. The predicted molar refractivity (Wildman–Crippen MR) is 126 cm³/mol. The van der Waals surface area contributed by atoms with Crippen molar-refractivity contribution in [2.75, 3.05) is 25.2 Å². The van der Waals surface area contributed by atoms with E-state index in [1.165, 1.54) is 23.5 Å². The van der Waals surface area contributed by atoms with Crippen molar-refractivity contribution in [2.24, 2.45) is 0 Å². The highest BCUT2D eigenvalue weighted by atomic mass is 32.2. The fourth-order valence-electron chi connectivity index (χ4n) is 3.21. The molecular weight excluding hydrogens is 470 g/mol. The summed E-state index contributed by atoms with van der Waals surface area (Å²) in [6.45, 7) is 1.01. The van der Waals surface area contributed by atoms with Crippen LogP contribution >= 0.6 is 23.1 Å². The standard InChI is InChI=1S/C21H23N3O5S3/c1-30-11-8-16(21(25)22-13-20-23-15-4-2-3-5-19(15)31-20)24-32(26,27)14-6-7-17-18(12-14)29-10-9-28-17/h2-7,12,16,24H,8-11,13H2,1H3,(H,22,25)/t16-/m0/s1. The molecule has 0 bridgehead atoms. The number of hydrogen-bond acceptors (Lipinski definition) is 8. The van der Waals surface area contributed by atoms with Gasteiger partial charge in [-0.15, -0.1) is 11.3 Å². The van der Waals surface area contributed by atoms with Crippen LogP contribution in [0.15, 0.2) is 47.4 Å². The monoisotopic (exact) mass is 493 g/mol. The summed E-state index contributed by atoms with van der Waals surface area (Å²) in [5, 5.41) is 3.58. The number of sulfonamides is 1. The van der Waals surface area contributed by atoms with Crippen LogP contribution in [0.4, 0.5) is 0 Å².